The van der Waals surface area contributed by atoms with Crippen LogP contribution in [0.4, 0.5) is 0 Å². The van der Waals surface area contributed by atoms with Crippen molar-refractivity contribution in [2.45, 2.75) is 59.4 Å². The molecule has 0 heterocycles. The minimum absolute atomic E-state index is 0.0121. The Morgan fingerprint density at radius 3 is 2.39 bits per heavy atom. The first-order chi connectivity index (χ1) is 10.7. The molecule has 3 atom stereocenters. The van der Waals surface area contributed by atoms with Crippen LogP contribution in [0.3, 0.4) is 0 Å². The van der Waals surface area contributed by atoms with Gasteiger partial charge in [-0.05, 0) is 35.5 Å². The Hall–Kier alpha value is -1.64. The summed E-state index contributed by atoms with van der Waals surface area (Å²) in [6.07, 6.45) is 3.64. The summed E-state index contributed by atoms with van der Waals surface area (Å²) in [4.78, 5) is 24.4. The molecule has 1 aromatic carbocycles. The molecule has 124 valence electrons. The molecule has 3 rings (SSSR count). The van der Waals surface area contributed by atoms with E-state index in [-0.39, 0.29) is 34.0 Å². The van der Waals surface area contributed by atoms with Gasteiger partial charge in [0.05, 0.1) is 0 Å². The average Bonchev–Trinajstić information content (AvgIpc) is 2.77. The quantitative estimate of drug-likeness (QED) is 0.855. The van der Waals surface area contributed by atoms with E-state index in [0.717, 1.165) is 24.8 Å². The molecule has 2 saturated carbocycles. The van der Waals surface area contributed by atoms with Gasteiger partial charge in [0.25, 0.3) is 0 Å². The van der Waals surface area contributed by atoms with Crippen LogP contribution < -0.4 is 5.32 Å². The lowest BCUT2D eigenvalue weighted by molar-refractivity contribution is -0.120. The molecule has 1 N–H and O–H groups in total. The maximum atomic E-state index is 12.8. The first-order valence-electron chi connectivity index (χ1n) is 8.57. The fourth-order valence-corrected chi connectivity index (χ4v) is 5.18. The van der Waals surface area contributed by atoms with Gasteiger partial charge in [0.1, 0.15) is 0 Å². The molecule has 2 aliphatic rings. The third-order valence-electron chi connectivity index (χ3n) is 7.21. The van der Waals surface area contributed by atoms with Gasteiger partial charge >= 0.3 is 0 Å². The van der Waals surface area contributed by atoms with Gasteiger partial charge in [-0.15, -0.1) is 0 Å². The highest BCUT2D eigenvalue weighted by molar-refractivity contribution is 5.96. The number of carbonyl (C=O) groups is 2. The normalized spacial score (nSPS) is 34.3. The van der Waals surface area contributed by atoms with E-state index in [2.05, 4.69) is 26.1 Å². The number of Topliss-reactive ketones (excluding diaryl/α,β-unsaturated/α-hetero) is 1. The second-order valence-electron chi connectivity index (χ2n) is 8.25. The van der Waals surface area contributed by atoms with E-state index in [1.165, 1.54) is 0 Å². The number of carbonyl (C=O) groups excluding carboxylic acids is 2. The Morgan fingerprint density at radius 2 is 1.78 bits per heavy atom. The first-order valence-corrected chi connectivity index (χ1v) is 8.57. The van der Waals surface area contributed by atoms with Crippen molar-refractivity contribution in [1.82, 2.24) is 5.32 Å². The van der Waals surface area contributed by atoms with Crippen molar-refractivity contribution in [2.75, 3.05) is 0 Å². The molecule has 1 amide bonds. The van der Waals surface area contributed by atoms with Crippen LogP contribution in [0.2, 0.25) is 0 Å². The Morgan fingerprint density at radius 1 is 1.13 bits per heavy atom. The molecule has 2 fully saturated rings. The molecule has 0 radical (unpaired) electrons. The number of hydrogen-bond acceptors (Lipinski definition) is 2. The Kier molecular flexibility index (Phi) is 3.66. The third-order valence-corrected chi connectivity index (χ3v) is 7.21. The summed E-state index contributed by atoms with van der Waals surface area (Å²) < 4.78 is 0. The highest BCUT2D eigenvalue weighted by Gasteiger charge is 2.69. The van der Waals surface area contributed by atoms with Crippen LogP contribution in [-0.2, 0) is 4.79 Å². The van der Waals surface area contributed by atoms with E-state index in [4.69, 9.17) is 0 Å². The number of benzene rings is 1. The van der Waals surface area contributed by atoms with Gasteiger partial charge in [0.15, 0.2) is 5.78 Å². The van der Waals surface area contributed by atoms with E-state index in [1.807, 2.05) is 30.3 Å². The standard InChI is InChI=1S/C20H27NO2/c1-14(22)21-17-13-20(11-10-19(17,4)18(20,2)3)12-16(23)15-8-6-5-7-9-15/h5-9,17H,10-13H2,1-4H3,(H,21,22). The van der Waals surface area contributed by atoms with E-state index in [9.17, 15) is 9.59 Å². The van der Waals surface area contributed by atoms with Crippen molar-refractivity contribution in [2.24, 2.45) is 16.2 Å². The molecule has 0 aliphatic heterocycles. The zero-order valence-corrected chi connectivity index (χ0v) is 14.6. The maximum Gasteiger partial charge on any atom is 0.217 e. The summed E-state index contributed by atoms with van der Waals surface area (Å²) >= 11 is 0. The average molecular weight is 313 g/mol. The zero-order chi connectivity index (χ0) is 16.9. The predicted molar refractivity (Wildman–Crippen MR) is 91.2 cm³/mol. The fourth-order valence-electron chi connectivity index (χ4n) is 5.18. The number of ketones is 1. The van der Waals surface area contributed by atoms with Crippen molar-refractivity contribution < 1.29 is 9.59 Å². The number of rotatable bonds is 4. The second-order valence-corrected chi connectivity index (χ2v) is 8.25. The van der Waals surface area contributed by atoms with Crippen LogP contribution in [0, 0.1) is 16.2 Å². The van der Waals surface area contributed by atoms with Crippen LogP contribution in [0.1, 0.15) is 63.7 Å². The lowest BCUT2D eigenvalue weighted by Gasteiger charge is -2.41. The molecule has 0 saturated heterocycles. The summed E-state index contributed by atoms with van der Waals surface area (Å²) in [5, 5.41) is 3.16. The van der Waals surface area contributed by atoms with Crippen LogP contribution in [0.25, 0.3) is 0 Å². The van der Waals surface area contributed by atoms with Gasteiger partial charge in [-0.25, -0.2) is 0 Å². The minimum atomic E-state index is -0.0121. The van der Waals surface area contributed by atoms with Gasteiger partial charge in [0.2, 0.25) is 5.91 Å². The summed E-state index contributed by atoms with van der Waals surface area (Å²) in [5.41, 5.74) is 0.892. The second kappa shape index (κ2) is 5.19. The fraction of sp³-hybridized carbons (Fsp3) is 0.600. The molecule has 2 bridgehead atoms. The van der Waals surface area contributed by atoms with Crippen molar-refractivity contribution in [1.29, 1.82) is 0 Å². The van der Waals surface area contributed by atoms with E-state index >= 15 is 0 Å². The molecule has 0 spiro atoms. The molecule has 2 aliphatic carbocycles. The lowest BCUT2D eigenvalue weighted by atomic mass is 9.63. The maximum absolute atomic E-state index is 12.8. The van der Waals surface area contributed by atoms with Crippen LogP contribution in [0.5, 0.6) is 0 Å². The molecule has 3 unspecified atom stereocenters. The predicted octanol–water partition coefficient (Wildman–Crippen LogP) is 3.98. The Bertz CT molecular complexity index is 636. The van der Waals surface area contributed by atoms with Crippen LogP contribution in [-0.4, -0.2) is 17.7 Å². The molecule has 1 aromatic rings. The first kappa shape index (κ1) is 16.2. The van der Waals surface area contributed by atoms with Gasteiger partial charge in [-0.3, -0.25) is 9.59 Å². The van der Waals surface area contributed by atoms with E-state index < -0.39 is 0 Å². The van der Waals surface area contributed by atoms with Gasteiger partial charge in [-0.1, -0.05) is 51.1 Å². The van der Waals surface area contributed by atoms with E-state index in [1.54, 1.807) is 6.92 Å². The molecular weight excluding hydrogens is 286 g/mol. The summed E-state index contributed by atoms with van der Waals surface area (Å²) in [7, 11) is 0. The molecular formula is C20H27NO2. The SMILES string of the molecule is CC(=O)NC1CC2(CC(=O)c3ccccc3)CCC1(C)C2(C)C. The Labute approximate surface area is 138 Å². The van der Waals surface area contributed by atoms with Crippen molar-refractivity contribution in [3.05, 3.63) is 35.9 Å². The van der Waals surface area contributed by atoms with Gasteiger partial charge < -0.3 is 5.32 Å². The number of nitrogens with one attached hydrogen (secondary N) is 1. The van der Waals surface area contributed by atoms with Gasteiger partial charge in [-0.2, -0.15) is 0 Å². The topological polar surface area (TPSA) is 46.2 Å². The van der Waals surface area contributed by atoms with Crippen molar-refractivity contribution >= 4 is 11.7 Å². The molecule has 3 nitrogen and oxygen atoms in total. The summed E-state index contributed by atoms with van der Waals surface area (Å²) in [6.45, 7) is 8.46. The van der Waals surface area contributed by atoms with Crippen LogP contribution >= 0.6 is 0 Å². The highest BCUT2D eigenvalue weighted by atomic mass is 16.1. The third kappa shape index (κ3) is 2.24. The lowest BCUT2D eigenvalue weighted by Crippen LogP contribution is -2.46. The van der Waals surface area contributed by atoms with Crippen molar-refractivity contribution in [3.63, 3.8) is 0 Å². The monoisotopic (exact) mass is 313 g/mol. The zero-order valence-electron chi connectivity index (χ0n) is 14.6. The smallest absolute Gasteiger partial charge is 0.217 e. The molecule has 3 heteroatoms. The summed E-state index contributed by atoms with van der Waals surface area (Å²) in [5.74, 6) is 0.260. The van der Waals surface area contributed by atoms with Crippen molar-refractivity contribution in [3.8, 4) is 0 Å². The summed E-state index contributed by atoms with van der Waals surface area (Å²) in [6, 6.07) is 9.76. The number of amides is 1. The molecule has 0 aromatic heterocycles. The largest absolute Gasteiger partial charge is 0.353 e. The van der Waals surface area contributed by atoms with E-state index in [0.29, 0.717) is 6.42 Å². The minimum Gasteiger partial charge on any atom is -0.353 e. The van der Waals surface area contributed by atoms with Gasteiger partial charge in [0, 0.05) is 24.9 Å². The molecule has 23 heavy (non-hydrogen) atoms. The Balaban J connectivity index is 1.89. The number of fused-ring (bicyclic) bond motifs is 2. The van der Waals surface area contributed by atoms with Crippen LogP contribution in [0.15, 0.2) is 30.3 Å². The highest BCUT2D eigenvalue weighted by Crippen LogP contribution is 2.73. The number of hydrogen-bond donors (Lipinski definition) is 1.